The predicted octanol–water partition coefficient (Wildman–Crippen LogP) is 3.24. The van der Waals surface area contributed by atoms with Crippen LogP contribution < -0.4 is 10.5 Å². The molecule has 1 atom stereocenters. The number of hydrogen-bond donors (Lipinski definition) is 1. The second-order valence-corrected chi connectivity index (χ2v) is 5.61. The summed E-state index contributed by atoms with van der Waals surface area (Å²) < 4.78 is 43.3. The van der Waals surface area contributed by atoms with E-state index in [0.29, 0.717) is 5.75 Å². The molecule has 2 N–H and O–H groups in total. The number of hydrogen-bond acceptors (Lipinski definition) is 3. The van der Waals surface area contributed by atoms with Crippen LogP contribution in [0.25, 0.3) is 0 Å². The predicted molar refractivity (Wildman–Crippen MR) is 75.1 cm³/mol. The molecular weight excluding hydrogens is 281 g/mol. The Bertz CT molecular complexity index is 484. The van der Waals surface area contributed by atoms with Gasteiger partial charge in [-0.05, 0) is 37.5 Å². The van der Waals surface area contributed by atoms with Crippen molar-refractivity contribution >= 4 is 0 Å². The van der Waals surface area contributed by atoms with E-state index in [9.17, 15) is 13.2 Å². The van der Waals surface area contributed by atoms with E-state index in [2.05, 4.69) is 0 Å². The summed E-state index contributed by atoms with van der Waals surface area (Å²) in [5.41, 5.74) is 7.49. The largest absolute Gasteiger partial charge is 0.496 e. The van der Waals surface area contributed by atoms with Gasteiger partial charge in [0.2, 0.25) is 0 Å². The first-order valence-corrected chi connectivity index (χ1v) is 7.03. The third kappa shape index (κ3) is 4.61. The molecule has 1 aromatic carbocycles. The van der Waals surface area contributed by atoms with E-state index < -0.39 is 12.7 Å². The minimum Gasteiger partial charge on any atom is -0.496 e. The van der Waals surface area contributed by atoms with E-state index in [4.69, 9.17) is 10.5 Å². The first-order chi connectivity index (χ1) is 9.80. The van der Waals surface area contributed by atoms with E-state index in [0.717, 1.165) is 24.0 Å². The standard InChI is InChI=1S/C15H21F3N2O/c1-10(19)11-3-6-14(21-2)12(7-11)8-20(13-4-5-13)9-15(16,17)18/h3,6-7,10,13H,4-5,8-9,19H2,1-2H3. The Morgan fingerprint density at radius 3 is 2.52 bits per heavy atom. The number of benzene rings is 1. The highest BCUT2D eigenvalue weighted by Gasteiger charge is 2.38. The summed E-state index contributed by atoms with van der Waals surface area (Å²) in [6, 6.07) is 5.32. The number of nitrogens with zero attached hydrogens (tertiary/aromatic N) is 1. The van der Waals surface area contributed by atoms with Crippen molar-refractivity contribution in [2.45, 2.75) is 44.6 Å². The van der Waals surface area contributed by atoms with Crippen molar-refractivity contribution in [2.75, 3.05) is 13.7 Å². The monoisotopic (exact) mass is 302 g/mol. The van der Waals surface area contributed by atoms with Crippen LogP contribution in [0.3, 0.4) is 0 Å². The van der Waals surface area contributed by atoms with Crippen LogP contribution in [0.5, 0.6) is 5.75 Å². The summed E-state index contributed by atoms with van der Waals surface area (Å²) in [5.74, 6) is 0.604. The number of halogens is 3. The maximum atomic E-state index is 12.7. The van der Waals surface area contributed by atoms with Crippen LogP contribution >= 0.6 is 0 Å². The average Bonchev–Trinajstić information content (AvgIpc) is 3.20. The highest BCUT2D eigenvalue weighted by Crippen LogP contribution is 2.33. The van der Waals surface area contributed by atoms with Gasteiger partial charge in [0.05, 0.1) is 13.7 Å². The Kier molecular flexibility index (Phi) is 4.78. The maximum Gasteiger partial charge on any atom is 0.401 e. The van der Waals surface area contributed by atoms with E-state index >= 15 is 0 Å². The molecule has 118 valence electrons. The zero-order chi connectivity index (χ0) is 15.6. The SMILES string of the molecule is COc1ccc(C(C)N)cc1CN(CC(F)(F)F)C1CC1. The molecule has 1 fully saturated rings. The van der Waals surface area contributed by atoms with Crippen LogP contribution in [0, 0.1) is 0 Å². The van der Waals surface area contributed by atoms with E-state index in [1.165, 1.54) is 12.0 Å². The summed E-state index contributed by atoms with van der Waals surface area (Å²) in [4.78, 5) is 1.48. The number of alkyl halides is 3. The van der Waals surface area contributed by atoms with Gasteiger partial charge in [0.25, 0.3) is 0 Å². The molecule has 3 nitrogen and oxygen atoms in total. The van der Waals surface area contributed by atoms with Crippen LogP contribution in [0.1, 0.15) is 36.9 Å². The number of rotatable bonds is 6. The van der Waals surface area contributed by atoms with Gasteiger partial charge < -0.3 is 10.5 Å². The van der Waals surface area contributed by atoms with Gasteiger partial charge in [-0.25, -0.2) is 0 Å². The Morgan fingerprint density at radius 2 is 2.05 bits per heavy atom. The van der Waals surface area contributed by atoms with Gasteiger partial charge in [-0.1, -0.05) is 6.07 Å². The molecule has 0 aromatic heterocycles. The zero-order valence-corrected chi connectivity index (χ0v) is 12.3. The molecule has 1 aliphatic carbocycles. The van der Waals surface area contributed by atoms with E-state index in [1.54, 1.807) is 6.07 Å². The molecule has 0 saturated heterocycles. The molecule has 0 radical (unpaired) electrons. The molecule has 0 amide bonds. The zero-order valence-electron chi connectivity index (χ0n) is 12.3. The molecule has 0 aliphatic heterocycles. The highest BCUT2D eigenvalue weighted by atomic mass is 19.4. The number of ether oxygens (including phenoxy) is 1. The maximum absolute atomic E-state index is 12.7. The van der Waals surface area contributed by atoms with Crippen molar-refractivity contribution in [1.29, 1.82) is 0 Å². The van der Waals surface area contributed by atoms with Crippen LogP contribution in [0.2, 0.25) is 0 Å². The Labute approximate surface area is 122 Å². The molecule has 6 heteroatoms. The second-order valence-electron chi connectivity index (χ2n) is 5.61. The van der Waals surface area contributed by atoms with Crippen LogP contribution in [-0.4, -0.2) is 30.8 Å². The summed E-state index contributed by atoms with van der Waals surface area (Å²) in [6.45, 7) is 1.19. The molecular formula is C15H21F3N2O. The van der Waals surface area contributed by atoms with Gasteiger partial charge in [-0.2, -0.15) is 13.2 Å². The quantitative estimate of drug-likeness (QED) is 0.876. The fraction of sp³-hybridized carbons (Fsp3) is 0.600. The second kappa shape index (κ2) is 6.23. The van der Waals surface area contributed by atoms with Crippen molar-refractivity contribution in [3.05, 3.63) is 29.3 Å². The lowest BCUT2D eigenvalue weighted by molar-refractivity contribution is -0.148. The molecule has 0 bridgehead atoms. The first-order valence-electron chi connectivity index (χ1n) is 7.03. The Morgan fingerprint density at radius 1 is 1.38 bits per heavy atom. The summed E-state index contributed by atoms with van der Waals surface area (Å²) in [7, 11) is 1.52. The van der Waals surface area contributed by atoms with Crippen LogP contribution in [0.15, 0.2) is 18.2 Å². The summed E-state index contributed by atoms with van der Waals surface area (Å²) in [6.07, 6.45) is -2.54. The molecule has 2 rings (SSSR count). The number of methoxy groups -OCH3 is 1. The van der Waals surface area contributed by atoms with Crippen LogP contribution in [-0.2, 0) is 6.54 Å². The lowest BCUT2D eigenvalue weighted by Crippen LogP contribution is -2.35. The minimum atomic E-state index is -4.19. The van der Waals surface area contributed by atoms with Crippen LogP contribution in [0.4, 0.5) is 13.2 Å². The Hall–Kier alpha value is -1.27. The topological polar surface area (TPSA) is 38.5 Å². The fourth-order valence-corrected chi connectivity index (χ4v) is 2.41. The molecule has 0 heterocycles. The Balaban J connectivity index is 2.20. The lowest BCUT2D eigenvalue weighted by atomic mass is 10.0. The van der Waals surface area contributed by atoms with Crippen molar-refractivity contribution < 1.29 is 17.9 Å². The van der Waals surface area contributed by atoms with Gasteiger partial charge in [0.15, 0.2) is 0 Å². The smallest absolute Gasteiger partial charge is 0.401 e. The minimum absolute atomic E-state index is 0.0234. The highest BCUT2D eigenvalue weighted by molar-refractivity contribution is 5.38. The molecule has 1 saturated carbocycles. The molecule has 1 aromatic rings. The third-order valence-corrected chi connectivity index (χ3v) is 3.65. The van der Waals surface area contributed by atoms with Gasteiger partial charge in [-0.15, -0.1) is 0 Å². The number of nitrogens with two attached hydrogens (primary N) is 1. The van der Waals surface area contributed by atoms with Crippen molar-refractivity contribution in [3.8, 4) is 5.75 Å². The fourth-order valence-electron chi connectivity index (χ4n) is 2.41. The normalized spacial score (nSPS) is 17.1. The van der Waals surface area contributed by atoms with E-state index in [1.807, 2.05) is 19.1 Å². The molecule has 1 aliphatic rings. The molecule has 21 heavy (non-hydrogen) atoms. The molecule has 1 unspecified atom stereocenters. The third-order valence-electron chi connectivity index (χ3n) is 3.65. The van der Waals surface area contributed by atoms with E-state index in [-0.39, 0.29) is 18.6 Å². The summed E-state index contributed by atoms with van der Waals surface area (Å²) >= 11 is 0. The summed E-state index contributed by atoms with van der Waals surface area (Å²) in [5, 5.41) is 0. The van der Waals surface area contributed by atoms with Crippen molar-refractivity contribution in [1.82, 2.24) is 4.90 Å². The van der Waals surface area contributed by atoms with Gasteiger partial charge in [-0.3, -0.25) is 4.90 Å². The van der Waals surface area contributed by atoms with Gasteiger partial charge in [0.1, 0.15) is 5.75 Å². The van der Waals surface area contributed by atoms with Gasteiger partial charge in [0, 0.05) is 24.2 Å². The molecule has 0 spiro atoms. The first kappa shape index (κ1) is 16.1. The van der Waals surface area contributed by atoms with Gasteiger partial charge >= 0.3 is 6.18 Å². The van der Waals surface area contributed by atoms with Crippen molar-refractivity contribution in [2.24, 2.45) is 5.73 Å². The average molecular weight is 302 g/mol. The lowest BCUT2D eigenvalue weighted by Gasteiger charge is -2.24. The van der Waals surface area contributed by atoms with Crippen molar-refractivity contribution in [3.63, 3.8) is 0 Å².